The zero-order chi connectivity index (χ0) is 27.8. The third-order valence-corrected chi connectivity index (χ3v) is 7.76. The highest BCUT2D eigenvalue weighted by Crippen LogP contribution is 2.40. The summed E-state index contributed by atoms with van der Waals surface area (Å²) in [6.45, 7) is 2.41. The summed E-state index contributed by atoms with van der Waals surface area (Å²) in [4.78, 5) is 21.8. The first-order valence-electron chi connectivity index (χ1n) is 11.9. The topological polar surface area (TPSA) is 120 Å². The van der Waals surface area contributed by atoms with Crippen LogP contribution < -0.4 is 10.6 Å². The zero-order valence-corrected chi connectivity index (χ0v) is 21.7. The monoisotopic (exact) mass is 560 g/mol. The van der Waals surface area contributed by atoms with E-state index in [1.807, 2.05) is 0 Å². The van der Waals surface area contributed by atoms with Crippen LogP contribution in [0.15, 0.2) is 18.2 Å². The van der Waals surface area contributed by atoms with Crippen LogP contribution in [-0.4, -0.2) is 56.0 Å². The number of sulfone groups is 1. The van der Waals surface area contributed by atoms with E-state index >= 15 is 0 Å². The molecule has 1 saturated carbocycles. The molecule has 2 aromatic rings. The van der Waals surface area contributed by atoms with E-state index in [0.717, 1.165) is 12.3 Å². The van der Waals surface area contributed by atoms with E-state index in [4.69, 9.17) is 9.47 Å². The molecular weight excluding hydrogens is 532 g/mol. The van der Waals surface area contributed by atoms with Crippen LogP contribution in [-0.2, 0) is 24.1 Å². The number of anilines is 1. The molecule has 1 amide bonds. The maximum Gasteiger partial charge on any atom is 0.266 e. The molecule has 0 spiro atoms. The number of carbonyl (C=O) groups is 1. The van der Waals surface area contributed by atoms with Crippen molar-refractivity contribution in [3.8, 4) is 0 Å². The van der Waals surface area contributed by atoms with Crippen LogP contribution in [0.3, 0.4) is 0 Å². The van der Waals surface area contributed by atoms with Crippen LogP contribution in [0.25, 0.3) is 0 Å². The van der Waals surface area contributed by atoms with Gasteiger partial charge in [0.2, 0.25) is 5.91 Å². The molecule has 2 N–H and O–H groups in total. The Hall–Kier alpha value is -2.84. The standard InChI is InChI=1S/C24H28F4N4O5S/c1-12(14-5-4-6-15(17(14)26)20(27)28)29-21-16(23-36-9-10-37-23)18(30-13(2)31-21)19(38(3,34)35)22(33)32-24(11-25)7-8-24/h4-6,12,19-20,23H,7-11H2,1-3H3,(H,32,33)(H,29,30,31)/t12-,19?/m1/s1. The van der Waals surface area contributed by atoms with Gasteiger partial charge in [-0.05, 0) is 26.7 Å². The van der Waals surface area contributed by atoms with Gasteiger partial charge in [-0.2, -0.15) is 0 Å². The molecule has 2 fully saturated rings. The minimum atomic E-state index is -4.17. The zero-order valence-electron chi connectivity index (χ0n) is 20.9. The van der Waals surface area contributed by atoms with Crippen molar-refractivity contribution in [3.63, 3.8) is 0 Å². The Bertz CT molecular complexity index is 1320. The maximum absolute atomic E-state index is 14.9. The third kappa shape index (κ3) is 5.76. The molecule has 208 valence electrons. The van der Waals surface area contributed by atoms with Crippen LogP contribution in [0, 0.1) is 12.7 Å². The lowest BCUT2D eigenvalue weighted by atomic mass is 10.0. The molecule has 1 aliphatic heterocycles. The van der Waals surface area contributed by atoms with Gasteiger partial charge in [0.05, 0.1) is 41.6 Å². The second kappa shape index (κ2) is 10.7. The van der Waals surface area contributed by atoms with Crippen molar-refractivity contribution in [2.45, 2.75) is 56.2 Å². The van der Waals surface area contributed by atoms with Gasteiger partial charge in [-0.15, -0.1) is 0 Å². The summed E-state index contributed by atoms with van der Waals surface area (Å²) >= 11 is 0. The van der Waals surface area contributed by atoms with Gasteiger partial charge in [-0.3, -0.25) is 4.79 Å². The highest BCUT2D eigenvalue weighted by molar-refractivity contribution is 7.91. The summed E-state index contributed by atoms with van der Waals surface area (Å²) in [5.74, 6) is -2.03. The summed E-state index contributed by atoms with van der Waals surface area (Å²) in [5.41, 5.74) is -2.23. The van der Waals surface area contributed by atoms with Crippen LogP contribution in [0.4, 0.5) is 23.4 Å². The van der Waals surface area contributed by atoms with Crippen molar-refractivity contribution in [2.75, 3.05) is 31.5 Å². The molecule has 1 unspecified atom stereocenters. The van der Waals surface area contributed by atoms with Crippen LogP contribution in [0.2, 0.25) is 0 Å². The van der Waals surface area contributed by atoms with Crippen molar-refractivity contribution >= 4 is 21.6 Å². The van der Waals surface area contributed by atoms with Crippen LogP contribution >= 0.6 is 0 Å². The number of alkyl halides is 3. The molecule has 2 atom stereocenters. The Morgan fingerprint density at radius 3 is 2.37 bits per heavy atom. The number of hydrogen-bond donors (Lipinski definition) is 2. The van der Waals surface area contributed by atoms with E-state index in [-0.39, 0.29) is 41.7 Å². The fourth-order valence-electron chi connectivity index (χ4n) is 4.32. The van der Waals surface area contributed by atoms with Crippen molar-refractivity contribution in [2.24, 2.45) is 0 Å². The average Bonchev–Trinajstić information content (AvgIpc) is 3.38. The minimum Gasteiger partial charge on any atom is -0.363 e. The van der Waals surface area contributed by atoms with Gasteiger partial charge in [0, 0.05) is 11.8 Å². The maximum atomic E-state index is 14.9. The molecule has 38 heavy (non-hydrogen) atoms. The number of halogens is 4. The lowest BCUT2D eigenvalue weighted by Gasteiger charge is -2.26. The quantitative estimate of drug-likeness (QED) is 0.422. The van der Waals surface area contributed by atoms with Crippen molar-refractivity contribution in [3.05, 3.63) is 52.2 Å². The number of ether oxygens (including phenoxy) is 2. The molecule has 4 rings (SSSR count). The van der Waals surface area contributed by atoms with E-state index in [0.29, 0.717) is 12.8 Å². The van der Waals surface area contributed by atoms with E-state index in [2.05, 4.69) is 20.6 Å². The molecule has 2 heterocycles. The Labute approximate surface area is 217 Å². The number of amides is 1. The first-order valence-corrected chi connectivity index (χ1v) is 13.8. The van der Waals surface area contributed by atoms with Gasteiger partial charge in [-0.25, -0.2) is 35.9 Å². The number of rotatable bonds is 10. The van der Waals surface area contributed by atoms with Gasteiger partial charge in [0.1, 0.15) is 24.1 Å². The highest BCUT2D eigenvalue weighted by Gasteiger charge is 2.48. The van der Waals surface area contributed by atoms with Crippen LogP contribution in [0.1, 0.15) is 72.0 Å². The third-order valence-electron chi connectivity index (χ3n) is 6.47. The highest BCUT2D eigenvalue weighted by atomic mass is 32.2. The smallest absolute Gasteiger partial charge is 0.266 e. The van der Waals surface area contributed by atoms with Gasteiger partial charge >= 0.3 is 0 Å². The Balaban J connectivity index is 1.81. The molecular formula is C24H28F4N4O5S. The largest absolute Gasteiger partial charge is 0.363 e. The number of carbonyl (C=O) groups excluding carboxylic acids is 1. The summed E-state index contributed by atoms with van der Waals surface area (Å²) in [5, 5.41) is 3.56. The predicted octanol–water partition coefficient (Wildman–Crippen LogP) is 3.78. The summed E-state index contributed by atoms with van der Waals surface area (Å²) in [7, 11) is -4.17. The van der Waals surface area contributed by atoms with Gasteiger partial charge in [0.25, 0.3) is 6.43 Å². The summed E-state index contributed by atoms with van der Waals surface area (Å²) in [6, 6.07) is 2.67. The Kier molecular flexibility index (Phi) is 7.96. The van der Waals surface area contributed by atoms with E-state index in [9.17, 15) is 30.8 Å². The second-order valence-electron chi connectivity index (χ2n) is 9.52. The van der Waals surface area contributed by atoms with Crippen molar-refractivity contribution < 1.29 is 40.2 Å². The fourth-order valence-corrected chi connectivity index (χ4v) is 5.35. The van der Waals surface area contributed by atoms with Gasteiger partial charge in [-0.1, -0.05) is 18.2 Å². The number of nitrogens with one attached hydrogen (secondary N) is 2. The average molecular weight is 561 g/mol. The first-order chi connectivity index (χ1) is 17.9. The second-order valence-corrected chi connectivity index (χ2v) is 11.7. The lowest BCUT2D eigenvalue weighted by Crippen LogP contribution is -2.43. The van der Waals surface area contributed by atoms with Gasteiger partial charge < -0.3 is 20.1 Å². The molecule has 2 aliphatic rings. The number of aryl methyl sites for hydroxylation is 1. The molecule has 1 aromatic carbocycles. The molecule has 1 saturated heterocycles. The molecule has 1 aliphatic carbocycles. The predicted molar refractivity (Wildman–Crippen MR) is 128 cm³/mol. The molecule has 14 heteroatoms. The molecule has 1 aromatic heterocycles. The lowest BCUT2D eigenvalue weighted by molar-refractivity contribution is -0.122. The van der Waals surface area contributed by atoms with Crippen molar-refractivity contribution in [1.82, 2.24) is 15.3 Å². The molecule has 0 bridgehead atoms. The molecule has 0 radical (unpaired) electrons. The summed E-state index contributed by atoms with van der Waals surface area (Å²) in [6.07, 6.45) is -2.62. The number of aromatic nitrogens is 2. The van der Waals surface area contributed by atoms with Gasteiger partial charge in [0.15, 0.2) is 21.4 Å². The van der Waals surface area contributed by atoms with E-state index < -0.39 is 63.3 Å². The number of benzene rings is 1. The van der Waals surface area contributed by atoms with E-state index in [1.54, 1.807) is 0 Å². The van der Waals surface area contributed by atoms with E-state index in [1.165, 1.54) is 26.0 Å². The van der Waals surface area contributed by atoms with Crippen molar-refractivity contribution in [1.29, 1.82) is 0 Å². The summed E-state index contributed by atoms with van der Waals surface area (Å²) < 4.78 is 91.9. The normalized spacial score (nSPS) is 18.8. The fraction of sp³-hybridized carbons (Fsp3) is 0.542. The first kappa shape index (κ1) is 28.2. The van der Waals surface area contributed by atoms with Crippen LogP contribution in [0.5, 0.6) is 0 Å². The SMILES string of the molecule is Cc1nc(N[C@H](C)c2cccc(C(F)F)c2F)c(C2OCCO2)c(C(C(=O)NC2(CF)CC2)S(C)(=O)=O)n1. The Morgan fingerprint density at radius 2 is 1.82 bits per heavy atom. The number of hydrogen-bond acceptors (Lipinski definition) is 8. The minimum absolute atomic E-state index is 0.0129. The Morgan fingerprint density at radius 1 is 1.18 bits per heavy atom. The number of nitrogens with zero attached hydrogens (tertiary/aromatic N) is 2. The molecule has 9 nitrogen and oxygen atoms in total.